The fourth-order valence-corrected chi connectivity index (χ4v) is 4.99. The highest BCUT2D eigenvalue weighted by atomic mass is 35.5. The summed E-state index contributed by atoms with van der Waals surface area (Å²) in [6, 6.07) is 14.3. The zero-order valence-corrected chi connectivity index (χ0v) is 22.8. The van der Waals surface area contributed by atoms with Crippen LogP contribution in [0.5, 0.6) is 5.75 Å². The van der Waals surface area contributed by atoms with Gasteiger partial charge in [-0.15, -0.1) is 0 Å². The van der Waals surface area contributed by atoms with E-state index in [1.54, 1.807) is 48.7 Å². The molecule has 5 rings (SSSR count). The number of nitrogens with zero attached hydrogens (tertiary/aromatic N) is 4. The number of carbonyl (C=O) groups is 3. The first kappa shape index (κ1) is 27.2. The summed E-state index contributed by atoms with van der Waals surface area (Å²) >= 11 is 12.6. The topological polar surface area (TPSA) is 114 Å². The third kappa shape index (κ3) is 5.95. The molecule has 4 heterocycles. The van der Waals surface area contributed by atoms with E-state index in [9.17, 15) is 14.4 Å². The molecule has 0 aliphatic carbocycles. The van der Waals surface area contributed by atoms with Gasteiger partial charge in [0.25, 0.3) is 11.8 Å². The summed E-state index contributed by atoms with van der Waals surface area (Å²) in [4.78, 5) is 54.3. The summed E-state index contributed by atoms with van der Waals surface area (Å²) < 4.78 is 5.16. The van der Waals surface area contributed by atoms with E-state index in [-0.39, 0.29) is 41.4 Å². The predicted octanol–water partition coefficient (Wildman–Crippen LogP) is 4.82. The second-order valence-corrected chi connectivity index (χ2v) is 9.97. The van der Waals surface area contributed by atoms with Gasteiger partial charge in [-0.2, -0.15) is 0 Å². The third-order valence-electron chi connectivity index (χ3n) is 6.48. The lowest BCUT2D eigenvalue weighted by Crippen LogP contribution is -2.45. The van der Waals surface area contributed by atoms with Crippen molar-refractivity contribution in [2.45, 2.75) is 25.4 Å². The normalized spacial score (nSPS) is 14.9. The van der Waals surface area contributed by atoms with Crippen LogP contribution in [0, 0.1) is 0 Å². The molecule has 202 valence electrons. The maximum Gasteiger partial charge on any atom is 0.273 e. The Balaban J connectivity index is 1.43. The van der Waals surface area contributed by atoms with Crippen LogP contribution in [0.3, 0.4) is 0 Å². The van der Waals surface area contributed by atoms with Crippen LogP contribution in [-0.2, 0) is 24.2 Å². The number of fused-ring (bicyclic) bond motifs is 1. The van der Waals surface area contributed by atoms with E-state index in [1.807, 2.05) is 12.1 Å². The Morgan fingerprint density at radius 1 is 1.05 bits per heavy atom. The van der Waals surface area contributed by atoms with Crippen LogP contribution in [0.25, 0.3) is 0 Å². The number of rotatable bonds is 7. The first-order valence-electron chi connectivity index (χ1n) is 12.3. The number of Topliss-reactive ketones (excluding diaryl/α,β-unsaturated/α-hetero) is 1. The summed E-state index contributed by atoms with van der Waals surface area (Å²) in [6.07, 6.45) is 4.79. The number of pyridine rings is 3. The van der Waals surface area contributed by atoms with E-state index in [4.69, 9.17) is 27.9 Å². The molecule has 11 heteroatoms. The minimum Gasteiger partial charge on any atom is -0.497 e. The van der Waals surface area contributed by atoms with E-state index in [0.29, 0.717) is 33.4 Å². The second kappa shape index (κ2) is 11.8. The maximum absolute atomic E-state index is 13.7. The molecule has 1 aromatic carbocycles. The number of hydrogen-bond acceptors (Lipinski definition) is 7. The van der Waals surface area contributed by atoms with E-state index < -0.39 is 17.9 Å². The maximum atomic E-state index is 13.7. The van der Waals surface area contributed by atoms with Crippen LogP contribution < -0.4 is 10.1 Å². The van der Waals surface area contributed by atoms with Gasteiger partial charge in [-0.3, -0.25) is 19.4 Å². The number of ether oxygens (including phenoxy) is 1. The minimum atomic E-state index is -0.795. The van der Waals surface area contributed by atoms with Crippen LogP contribution in [0.4, 0.5) is 5.82 Å². The standard InChI is InChI=1S/C29H23Cl2N5O4/c1-40-21-7-9-33-26(14-21)35-28(38)22-6-5-17(10-23(22)31)16-36-24(13-20-4-2-3-8-32-20)25(37)12-18-11-19(30)15-34-27(18)29(36)39/h2-11,14-15,24H,12-13,16H2,1H3,(H,33,35,38). The number of hydrogen-bond donors (Lipinski definition) is 1. The lowest BCUT2D eigenvalue weighted by atomic mass is 10.00. The van der Waals surface area contributed by atoms with Gasteiger partial charge in [0, 0.05) is 49.7 Å². The summed E-state index contributed by atoms with van der Waals surface area (Å²) in [6.45, 7) is 0.0604. The number of halogens is 2. The van der Waals surface area contributed by atoms with Gasteiger partial charge in [0.05, 0.1) is 28.8 Å². The van der Waals surface area contributed by atoms with Gasteiger partial charge in [0.15, 0.2) is 5.78 Å². The Morgan fingerprint density at radius 3 is 2.65 bits per heavy atom. The number of carbonyl (C=O) groups excluding carboxylic acids is 3. The Hall–Kier alpha value is -4.34. The molecule has 1 atom stereocenters. The van der Waals surface area contributed by atoms with Crippen LogP contribution in [-0.4, -0.2) is 50.6 Å². The van der Waals surface area contributed by atoms with E-state index in [1.165, 1.54) is 24.4 Å². The van der Waals surface area contributed by atoms with Gasteiger partial charge in [0.2, 0.25) is 0 Å². The van der Waals surface area contributed by atoms with Crippen molar-refractivity contribution >= 4 is 46.6 Å². The average Bonchev–Trinajstić information content (AvgIpc) is 3.03. The highest BCUT2D eigenvalue weighted by Gasteiger charge is 2.36. The van der Waals surface area contributed by atoms with Gasteiger partial charge >= 0.3 is 0 Å². The quantitative estimate of drug-likeness (QED) is 0.336. The van der Waals surface area contributed by atoms with E-state index in [0.717, 1.165) is 0 Å². The van der Waals surface area contributed by atoms with Crippen molar-refractivity contribution in [3.8, 4) is 5.75 Å². The van der Waals surface area contributed by atoms with Gasteiger partial charge in [0.1, 0.15) is 17.3 Å². The average molecular weight is 576 g/mol. The van der Waals surface area contributed by atoms with Crippen molar-refractivity contribution in [1.29, 1.82) is 0 Å². The largest absolute Gasteiger partial charge is 0.497 e. The molecule has 4 aromatic rings. The second-order valence-electron chi connectivity index (χ2n) is 9.13. The van der Waals surface area contributed by atoms with Gasteiger partial charge in [-0.1, -0.05) is 35.3 Å². The van der Waals surface area contributed by atoms with Crippen LogP contribution in [0.2, 0.25) is 10.0 Å². The number of methoxy groups -OCH3 is 1. The van der Waals surface area contributed by atoms with Gasteiger partial charge in [-0.05, 0) is 47.5 Å². The zero-order valence-electron chi connectivity index (χ0n) is 21.3. The molecule has 0 radical (unpaired) electrons. The molecule has 0 spiro atoms. The molecular formula is C29H23Cl2N5O4. The van der Waals surface area contributed by atoms with Gasteiger partial charge in [-0.25, -0.2) is 9.97 Å². The first-order valence-corrected chi connectivity index (χ1v) is 13.1. The Bertz CT molecular complexity index is 1600. The molecule has 0 saturated heterocycles. The molecule has 9 nitrogen and oxygen atoms in total. The fraction of sp³-hybridized carbons (Fsp3) is 0.172. The molecular weight excluding hydrogens is 553 g/mol. The first-order chi connectivity index (χ1) is 19.3. The summed E-state index contributed by atoms with van der Waals surface area (Å²) in [5.41, 5.74) is 2.18. The Morgan fingerprint density at radius 2 is 1.90 bits per heavy atom. The molecule has 1 unspecified atom stereocenters. The van der Waals surface area contributed by atoms with Gasteiger partial charge < -0.3 is 15.0 Å². The monoisotopic (exact) mass is 575 g/mol. The van der Waals surface area contributed by atoms with Crippen molar-refractivity contribution in [3.63, 3.8) is 0 Å². The molecule has 3 aromatic heterocycles. The predicted molar refractivity (Wildman–Crippen MR) is 150 cm³/mol. The lowest BCUT2D eigenvalue weighted by Gasteiger charge is -2.29. The van der Waals surface area contributed by atoms with Crippen molar-refractivity contribution < 1.29 is 19.1 Å². The fourth-order valence-electron chi connectivity index (χ4n) is 4.52. The van der Waals surface area contributed by atoms with Crippen molar-refractivity contribution in [1.82, 2.24) is 19.9 Å². The Labute approximate surface area is 240 Å². The third-order valence-corrected chi connectivity index (χ3v) is 7.00. The SMILES string of the molecule is COc1ccnc(NC(=O)c2ccc(CN3C(=O)c4ncc(Cl)cc4CC(=O)C3Cc3ccccn3)cc2Cl)c1. The highest BCUT2D eigenvalue weighted by Crippen LogP contribution is 2.27. The number of nitrogens with one attached hydrogen (secondary N) is 1. The molecule has 1 N–H and O–H groups in total. The summed E-state index contributed by atoms with van der Waals surface area (Å²) in [7, 11) is 1.52. The smallest absolute Gasteiger partial charge is 0.273 e. The van der Waals surface area contributed by atoms with Crippen LogP contribution >= 0.6 is 23.2 Å². The zero-order chi connectivity index (χ0) is 28.2. The number of benzene rings is 1. The lowest BCUT2D eigenvalue weighted by molar-refractivity contribution is -0.122. The summed E-state index contributed by atoms with van der Waals surface area (Å²) in [5, 5.41) is 3.22. The highest BCUT2D eigenvalue weighted by molar-refractivity contribution is 6.34. The van der Waals surface area contributed by atoms with E-state index >= 15 is 0 Å². The number of ketones is 1. The summed E-state index contributed by atoms with van der Waals surface area (Å²) in [5.74, 6) is -0.166. The van der Waals surface area contributed by atoms with Crippen molar-refractivity contribution in [2.24, 2.45) is 0 Å². The molecule has 0 fully saturated rings. The minimum absolute atomic E-state index is 0.0147. The number of anilines is 1. The molecule has 1 aliphatic rings. The molecule has 1 aliphatic heterocycles. The molecule has 0 bridgehead atoms. The van der Waals surface area contributed by atoms with Crippen LogP contribution in [0.1, 0.15) is 37.7 Å². The van der Waals surface area contributed by atoms with Crippen molar-refractivity contribution in [2.75, 3.05) is 12.4 Å². The number of amides is 2. The van der Waals surface area contributed by atoms with Crippen LogP contribution in [0.15, 0.2) is 73.2 Å². The molecule has 0 saturated carbocycles. The molecule has 2 amide bonds. The van der Waals surface area contributed by atoms with Crippen molar-refractivity contribution in [3.05, 3.63) is 111 Å². The van der Waals surface area contributed by atoms with E-state index in [2.05, 4.69) is 20.3 Å². The number of aromatic nitrogens is 3. The molecule has 40 heavy (non-hydrogen) atoms. The Kier molecular flexibility index (Phi) is 8.04.